The van der Waals surface area contributed by atoms with E-state index in [4.69, 9.17) is 17.5 Å². The van der Waals surface area contributed by atoms with Crippen LogP contribution in [0.1, 0.15) is 0 Å². The van der Waals surface area contributed by atoms with E-state index in [-0.39, 0.29) is 73.1 Å². The normalized spacial score (nSPS) is 8.29. The zero-order valence-electron chi connectivity index (χ0n) is 2.62. The maximum atomic E-state index is 8.74. The van der Waals surface area contributed by atoms with Gasteiger partial charge in [-0.15, -0.1) is 0 Å². The molecule has 4 nitrogen and oxygen atoms in total. The fourth-order valence-corrected chi connectivity index (χ4v) is 0. The van der Waals surface area contributed by atoms with E-state index >= 15 is 0 Å². The van der Waals surface area contributed by atoms with Gasteiger partial charge in [0, 0.05) is 21.7 Å². The molecule has 0 aliphatic heterocycles. The molecule has 2 N–H and O–H groups in total. The van der Waals surface area contributed by atoms with Crippen LogP contribution < -0.4 is 0 Å². The van der Waals surface area contributed by atoms with Crippen LogP contribution in [0.4, 0.5) is 0 Å². The SMILES string of the molecule is O=S(=O)(O)O.[KH].[Ti]. The van der Waals surface area contributed by atoms with Gasteiger partial charge in [0.1, 0.15) is 0 Å². The average Bonchev–Trinajstić information content (AvgIpc) is 0.722. The van der Waals surface area contributed by atoms with Crippen LogP contribution in [-0.2, 0) is 32.1 Å². The molecule has 38 valence electrons. The van der Waals surface area contributed by atoms with E-state index in [9.17, 15) is 0 Å². The zero-order valence-corrected chi connectivity index (χ0v) is 5.00. The van der Waals surface area contributed by atoms with Crippen LogP contribution in [0.15, 0.2) is 0 Å². The molecular formula is H3KO4STi. The minimum absolute atomic E-state index is 0. The Morgan fingerprint density at radius 3 is 1.14 bits per heavy atom. The van der Waals surface area contributed by atoms with Gasteiger partial charge in [-0.05, 0) is 0 Å². The van der Waals surface area contributed by atoms with Gasteiger partial charge < -0.3 is 0 Å². The molecule has 0 aromatic carbocycles. The molecule has 7 heavy (non-hydrogen) atoms. The summed E-state index contributed by atoms with van der Waals surface area (Å²) in [7, 11) is -4.67. The molecule has 0 aromatic rings. The first-order chi connectivity index (χ1) is 2.00. The number of hydrogen-bond donors (Lipinski definition) is 2. The van der Waals surface area contributed by atoms with Crippen molar-refractivity contribution in [2.24, 2.45) is 0 Å². The molecular weight excluding hydrogens is 183 g/mol. The fraction of sp³-hybridized carbons (Fsp3) is 0. The summed E-state index contributed by atoms with van der Waals surface area (Å²) in [4.78, 5) is 0. The Balaban J connectivity index is -0.0000000800. The summed E-state index contributed by atoms with van der Waals surface area (Å²) in [6, 6.07) is 0. The van der Waals surface area contributed by atoms with Crippen LogP contribution in [0.3, 0.4) is 0 Å². The van der Waals surface area contributed by atoms with Crippen molar-refractivity contribution < 1.29 is 39.2 Å². The Labute approximate surface area is 98.9 Å². The van der Waals surface area contributed by atoms with Crippen molar-refractivity contribution in [2.45, 2.75) is 0 Å². The van der Waals surface area contributed by atoms with E-state index in [0.717, 1.165) is 0 Å². The third-order valence-corrected chi connectivity index (χ3v) is 0. The number of hydrogen-bond acceptors (Lipinski definition) is 2. The molecule has 0 unspecified atom stereocenters. The summed E-state index contributed by atoms with van der Waals surface area (Å²) in [5.74, 6) is 0. The second kappa shape index (κ2) is 6.34. The number of rotatable bonds is 0. The first-order valence-electron chi connectivity index (χ1n) is 0.698. The van der Waals surface area contributed by atoms with Crippen LogP contribution in [0.25, 0.3) is 0 Å². The molecule has 0 fully saturated rings. The maximum Gasteiger partial charge on any atom is 0 e. The Morgan fingerprint density at radius 1 is 1.14 bits per heavy atom. The molecule has 0 saturated heterocycles. The third-order valence-electron chi connectivity index (χ3n) is 0. The van der Waals surface area contributed by atoms with Crippen molar-refractivity contribution in [3.8, 4) is 0 Å². The van der Waals surface area contributed by atoms with Gasteiger partial charge in [0.15, 0.2) is 0 Å². The second-order valence-electron chi connectivity index (χ2n) is 0.448. The fourth-order valence-electron chi connectivity index (χ4n) is 0. The van der Waals surface area contributed by atoms with E-state index < -0.39 is 10.4 Å². The van der Waals surface area contributed by atoms with Crippen molar-refractivity contribution in [2.75, 3.05) is 0 Å². The predicted molar refractivity (Wildman–Crippen MR) is 21.3 cm³/mol. The van der Waals surface area contributed by atoms with Gasteiger partial charge in [0.05, 0.1) is 0 Å². The average molecular weight is 186 g/mol. The molecule has 0 amide bonds. The van der Waals surface area contributed by atoms with Crippen LogP contribution in [0, 0.1) is 0 Å². The minimum Gasteiger partial charge on any atom is 0 e. The largest absolute Gasteiger partial charge is 0 e. The van der Waals surface area contributed by atoms with Gasteiger partial charge in [0.25, 0.3) is 0 Å². The van der Waals surface area contributed by atoms with Crippen LogP contribution in [-0.4, -0.2) is 68.9 Å². The molecule has 0 spiro atoms. The van der Waals surface area contributed by atoms with E-state index in [1.165, 1.54) is 0 Å². The maximum absolute atomic E-state index is 8.74. The monoisotopic (exact) mass is 186 g/mol. The van der Waals surface area contributed by atoms with E-state index in [0.29, 0.717) is 0 Å². The summed E-state index contributed by atoms with van der Waals surface area (Å²) >= 11 is 0. The first-order valence-corrected chi connectivity index (χ1v) is 2.10. The molecule has 7 heteroatoms. The Bertz CT molecular complexity index is 94.9. The standard InChI is InChI=1S/K.H2O4S.Ti.H/c;1-5(2,3)4;;/h;(H2,1,2,3,4);;. The minimum atomic E-state index is -4.67. The summed E-state index contributed by atoms with van der Waals surface area (Å²) in [5, 5.41) is 0. The summed E-state index contributed by atoms with van der Waals surface area (Å²) in [5.41, 5.74) is 0. The van der Waals surface area contributed by atoms with Crippen molar-refractivity contribution >= 4 is 61.8 Å². The van der Waals surface area contributed by atoms with Crippen molar-refractivity contribution in [3.63, 3.8) is 0 Å². The van der Waals surface area contributed by atoms with Crippen molar-refractivity contribution in [3.05, 3.63) is 0 Å². The van der Waals surface area contributed by atoms with Crippen molar-refractivity contribution in [1.82, 2.24) is 0 Å². The molecule has 0 bridgehead atoms. The topological polar surface area (TPSA) is 74.6 Å². The first kappa shape index (κ1) is 16.1. The van der Waals surface area contributed by atoms with Gasteiger partial charge >= 0.3 is 61.8 Å². The smallest absolute Gasteiger partial charge is 0 e. The van der Waals surface area contributed by atoms with Gasteiger partial charge in [-0.2, -0.15) is 8.42 Å². The third kappa shape index (κ3) is 64.5. The Hall–Kier alpha value is 2.22. The van der Waals surface area contributed by atoms with E-state index in [2.05, 4.69) is 0 Å². The molecule has 0 atom stereocenters. The van der Waals surface area contributed by atoms with Gasteiger partial charge in [0.2, 0.25) is 0 Å². The van der Waals surface area contributed by atoms with Gasteiger partial charge in [-0.3, -0.25) is 9.11 Å². The van der Waals surface area contributed by atoms with Crippen LogP contribution in [0.2, 0.25) is 0 Å². The van der Waals surface area contributed by atoms with Crippen LogP contribution >= 0.6 is 0 Å². The van der Waals surface area contributed by atoms with Gasteiger partial charge in [-0.1, -0.05) is 0 Å². The molecule has 0 heterocycles. The van der Waals surface area contributed by atoms with E-state index in [1.54, 1.807) is 0 Å². The second-order valence-corrected chi connectivity index (χ2v) is 1.34. The van der Waals surface area contributed by atoms with Crippen LogP contribution in [0.5, 0.6) is 0 Å². The van der Waals surface area contributed by atoms with Gasteiger partial charge in [-0.25, -0.2) is 0 Å². The summed E-state index contributed by atoms with van der Waals surface area (Å²) in [6.45, 7) is 0. The molecule has 0 radical (unpaired) electrons. The molecule has 0 rings (SSSR count). The molecule has 0 saturated carbocycles. The van der Waals surface area contributed by atoms with E-state index in [1.807, 2.05) is 0 Å². The van der Waals surface area contributed by atoms with Crippen molar-refractivity contribution in [1.29, 1.82) is 0 Å². The predicted octanol–water partition coefficient (Wildman–Crippen LogP) is -1.30. The molecule has 0 aliphatic carbocycles. The zero-order chi connectivity index (χ0) is 4.50. The summed E-state index contributed by atoms with van der Waals surface area (Å²) in [6.07, 6.45) is 0. The quantitative estimate of drug-likeness (QED) is 0.364. The summed E-state index contributed by atoms with van der Waals surface area (Å²) < 4.78 is 31.6. The molecule has 0 aliphatic rings. The molecule has 0 aromatic heterocycles. The Morgan fingerprint density at radius 2 is 1.14 bits per heavy atom. The Kier molecular flexibility index (Phi) is 14.6.